The molecular formula is C29H30O3Si2. The van der Waals surface area contributed by atoms with Crippen molar-refractivity contribution in [2.24, 2.45) is 0 Å². The first-order valence-electron chi connectivity index (χ1n) is 11.7. The molecule has 0 saturated carbocycles. The molecule has 4 aromatic carbocycles. The standard InChI is InChI=1S/C29H30O3Si2/c1-30-29(31-2)23-24-33(25-15-7-3-8-16-25,26-17-9-4-10-18-26)34(32-29,27-19-11-5-12-20-27)28-21-13-6-14-22-28/h3-22H,23-24H2,1-2H3. The van der Waals surface area contributed by atoms with Crippen LogP contribution in [0.15, 0.2) is 121 Å². The molecule has 1 aliphatic rings. The predicted octanol–water partition coefficient (Wildman–Crippen LogP) is 3.45. The fourth-order valence-electron chi connectivity index (χ4n) is 5.69. The first kappa shape index (κ1) is 23.0. The summed E-state index contributed by atoms with van der Waals surface area (Å²) in [5.74, 6) is -1.09. The maximum Gasteiger partial charge on any atom is 0.272 e. The van der Waals surface area contributed by atoms with Crippen molar-refractivity contribution < 1.29 is 13.9 Å². The quantitative estimate of drug-likeness (QED) is 0.311. The Balaban J connectivity index is 1.95. The van der Waals surface area contributed by atoms with Crippen molar-refractivity contribution >= 4 is 36.2 Å². The summed E-state index contributed by atoms with van der Waals surface area (Å²) in [6.45, 7) is 0. The molecule has 5 rings (SSSR count). The molecular weight excluding hydrogens is 452 g/mol. The summed E-state index contributed by atoms with van der Waals surface area (Å²) < 4.78 is 19.4. The van der Waals surface area contributed by atoms with Crippen molar-refractivity contribution in [3.63, 3.8) is 0 Å². The summed E-state index contributed by atoms with van der Waals surface area (Å²) in [6.07, 6.45) is 0.671. The summed E-state index contributed by atoms with van der Waals surface area (Å²) in [5.41, 5.74) is 0. The van der Waals surface area contributed by atoms with Gasteiger partial charge in [-0.25, -0.2) is 0 Å². The molecule has 0 aromatic heterocycles. The van der Waals surface area contributed by atoms with Gasteiger partial charge in [0.2, 0.25) is 0 Å². The molecule has 172 valence electrons. The maximum atomic E-state index is 7.41. The Labute approximate surface area is 203 Å². The molecule has 34 heavy (non-hydrogen) atoms. The van der Waals surface area contributed by atoms with E-state index in [9.17, 15) is 0 Å². The van der Waals surface area contributed by atoms with Gasteiger partial charge in [0.05, 0.1) is 0 Å². The van der Waals surface area contributed by atoms with Gasteiger partial charge >= 0.3 is 0 Å². The van der Waals surface area contributed by atoms with Crippen molar-refractivity contribution in [2.45, 2.75) is 18.4 Å². The first-order valence-corrected chi connectivity index (χ1v) is 16.8. The minimum atomic E-state index is -2.98. The Hall–Kier alpha value is -2.81. The molecule has 1 aliphatic heterocycles. The Morgan fingerprint density at radius 1 is 0.559 bits per heavy atom. The van der Waals surface area contributed by atoms with Crippen LogP contribution in [0.25, 0.3) is 0 Å². The molecule has 1 saturated heterocycles. The molecule has 0 unspecified atom stereocenters. The first-order chi connectivity index (χ1) is 16.7. The molecule has 4 aromatic rings. The minimum Gasteiger partial charge on any atom is -0.362 e. The number of hydrogen-bond donors (Lipinski definition) is 0. The van der Waals surface area contributed by atoms with Gasteiger partial charge in [-0.3, -0.25) is 0 Å². The minimum absolute atomic E-state index is 0.671. The van der Waals surface area contributed by atoms with E-state index >= 15 is 0 Å². The van der Waals surface area contributed by atoms with E-state index in [1.54, 1.807) is 14.2 Å². The molecule has 0 atom stereocenters. The zero-order valence-electron chi connectivity index (χ0n) is 19.7. The number of methoxy groups -OCH3 is 2. The van der Waals surface area contributed by atoms with Gasteiger partial charge in [-0.15, -0.1) is 0 Å². The van der Waals surface area contributed by atoms with Crippen LogP contribution < -0.4 is 20.7 Å². The largest absolute Gasteiger partial charge is 0.362 e. The lowest BCUT2D eigenvalue weighted by Gasteiger charge is -2.56. The van der Waals surface area contributed by atoms with Crippen LogP contribution in [0.4, 0.5) is 0 Å². The highest BCUT2D eigenvalue weighted by molar-refractivity contribution is 7.57. The summed E-state index contributed by atoms with van der Waals surface area (Å²) in [7, 11) is -2.16. The lowest BCUT2D eigenvalue weighted by molar-refractivity contribution is -0.328. The summed E-state index contributed by atoms with van der Waals surface area (Å²) in [5, 5.41) is 5.28. The zero-order chi connectivity index (χ0) is 23.5. The van der Waals surface area contributed by atoms with E-state index in [-0.39, 0.29) is 0 Å². The third kappa shape index (κ3) is 3.52. The third-order valence-electron chi connectivity index (χ3n) is 7.23. The molecule has 1 heterocycles. The van der Waals surface area contributed by atoms with Crippen molar-refractivity contribution in [3.8, 4) is 0 Å². The van der Waals surface area contributed by atoms with E-state index in [4.69, 9.17) is 13.9 Å². The molecule has 0 amide bonds. The second-order valence-corrected chi connectivity index (χ2v) is 19.6. The smallest absolute Gasteiger partial charge is 0.272 e. The maximum absolute atomic E-state index is 7.41. The average molecular weight is 483 g/mol. The van der Waals surface area contributed by atoms with Crippen LogP contribution in [0, 0.1) is 0 Å². The summed E-state index contributed by atoms with van der Waals surface area (Å²) in [4.78, 5) is 0. The lowest BCUT2D eigenvalue weighted by atomic mass is 10.4. The highest BCUT2D eigenvalue weighted by Gasteiger charge is 2.67. The predicted molar refractivity (Wildman–Crippen MR) is 143 cm³/mol. The van der Waals surface area contributed by atoms with Crippen LogP contribution in [-0.4, -0.2) is 35.6 Å². The van der Waals surface area contributed by atoms with Gasteiger partial charge < -0.3 is 13.9 Å². The second kappa shape index (κ2) is 9.45. The lowest BCUT2D eigenvalue weighted by Crippen LogP contribution is -2.90. The van der Waals surface area contributed by atoms with Gasteiger partial charge in [0.1, 0.15) is 0 Å². The Bertz CT molecular complexity index is 1120. The molecule has 0 N–H and O–H groups in total. The van der Waals surface area contributed by atoms with Crippen LogP contribution in [-0.2, 0) is 13.9 Å². The fraction of sp³-hybridized carbons (Fsp3) is 0.172. The van der Waals surface area contributed by atoms with Gasteiger partial charge in [-0.2, -0.15) is 0 Å². The van der Waals surface area contributed by atoms with Crippen LogP contribution in [0.1, 0.15) is 6.42 Å². The van der Waals surface area contributed by atoms with Crippen molar-refractivity contribution in [1.82, 2.24) is 0 Å². The third-order valence-corrected chi connectivity index (χ3v) is 23.1. The van der Waals surface area contributed by atoms with Crippen molar-refractivity contribution in [2.75, 3.05) is 14.2 Å². The molecule has 5 heteroatoms. The highest BCUT2D eigenvalue weighted by atomic mass is 29.3. The van der Waals surface area contributed by atoms with Crippen LogP contribution >= 0.6 is 0 Å². The van der Waals surface area contributed by atoms with Crippen LogP contribution in [0.2, 0.25) is 6.04 Å². The number of rotatable bonds is 6. The van der Waals surface area contributed by atoms with Gasteiger partial charge in [-0.1, -0.05) is 132 Å². The number of benzene rings is 4. The Kier molecular flexibility index (Phi) is 6.38. The normalized spacial score (nSPS) is 18.3. The summed E-state index contributed by atoms with van der Waals surface area (Å²) in [6, 6.07) is 44.7. The zero-order valence-corrected chi connectivity index (χ0v) is 21.7. The topological polar surface area (TPSA) is 27.7 Å². The van der Waals surface area contributed by atoms with Gasteiger partial charge in [0.15, 0.2) is 7.59 Å². The second-order valence-electron chi connectivity index (χ2n) is 8.74. The highest BCUT2D eigenvalue weighted by Crippen LogP contribution is 2.39. The van der Waals surface area contributed by atoms with Crippen molar-refractivity contribution in [1.29, 1.82) is 0 Å². The Morgan fingerprint density at radius 2 is 0.912 bits per heavy atom. The molecule has 0 aliphatic carbocycles. The van der Waals surface area contributed by atoms with E-state index in [0.717, 1.165) is 6.04 Å². The van der Waals surface area contributed by atoms with Crippen LogP contribution in [0.5, 0.6) is 0 Å². The van der Waals surface area contributed by atoms with Gasteiger partial charge in [0.25, 0.3) is 13.8 Å². The van der Waals surface area contributed by atoms with Gasteiger partial charge in [0, 0.05) is 20.6 Å². The number of hydrogen-bond acceptors (Lipinski definition) is 3. The van der Waals surface area contributed by atoms with Crippen LogP contribution in [0.3, 0.4) is 0 Å². The fourth-order valence-corrected chi connectivity index (χ4v) is 23.6. The van der Waals surface area contributed by atoms with E-state index in [0.29, 0.717) is 6.42 Å². The Morgan fingerprint density at radius 3 is 1.26 bits per heavy atom. The van der Waals surface area contributed by atoms with Crippen molar-refractivity contribution in [3.05, 3.63) is 121 Å². The van der Waals surface area contributed by atoms with Gasteiger partial charge in [-0.05, 0) is 16.4 Å². The molecule has 1 fully saturated rings. The van der Waals surface area contributed by atoms with E-state index in [1.165, 1.54) is 20.7 Å². The molecule has 0 radical (unpaired) electrons. The molecule has 0 bridgehead atoms. The number of ether oxygens (including phenoxy) is 2. The molecule has 0 spiro atoms. The van der Waals surface area contributed by atoms with E-state index < -0.39 is 21.4 Å². The van der Waals surface area contributed by atoms with E-state index in [2.05, 4.69) is 121 Å². The molecule has 3 nitrogen and oxygen atoms in total. The SMILES string of the molecule is COC1(OC)CC[Si](c2ccccc2)(c2ccccc2)[Si](c2ccccc2)(c2ccccc2)O1. The summed E-state index contributed by atoms with van der Waals surface area (Å²) >= 11 is 0. The monoisotopic (exact) mass is 482 g/mol. The average Bonchev–Trinajstić information content (AvgIpc) is 2.94. The van der Waals surface area contributed by atoms with E-state index in [1.807, 2.05) is 0 Å².